The maximum Gasteiger partial charge on any atom is 0.330 e. The summed E-state index contributed by atoms with van der Waals surface area (Å²) in [5, 5.41) is 11.3. The predicted octanol–water partition coefficient (Wildman–Crippen LogP) is 3.58. The highest BCUT2D eigenvalue weighted by Gasteiger charge is 2.41. The molecule has 30 heavy (non-hydrogen) atoms. The van der Waals surface area contributed by atoms with Crippen LogP contribution in [0.4, 0.5) is 0 Å². The van der Waals surface area contributed by atoms with E-state index < -0.39 is 0 Å². The summed E-state index contributed by atoms with van der Waals surface area (Å²) >= 11 is 12.8. The van der Waals surface area contributed by atoms with Gasteiger partial charge in [-0.25, -0.2) is 4.79 Å². The Morgan fingerprint density at radius 1 is 1.17 bits per heavy atom. The Morgan fingerprint density at radius 2 is 1.97 bits per heavy atom. The van der Waals surface area contributed by atoms with Crippen molar-refractivity contribution >= 4 is 23.2 Å². The molecule has 1 aliphatic heterocycles. The number of nitrogens with zero attached hydrogens (tertiary/aromatic N) is 2. The van der Waals surface area contributed by atoms with E-state index >= 15 is 0 Å². The molecule has 0 spiro atoms. The molecule has 5 rings (SSSR count). The number of imidazole rings is 1. The number of rotatable bonds is 4. The lowest BCUT2D eigenvalue weighted by Gasteiger charge is -2.30. The molecule has 0 radical (unpaired) electrons. The summed E-state index contributed by atoms with van der Waals surface area (Å²) in [6, 6.07) is 11.2. The van der Waals surface area contributed by atoms with Crippen LogP contribution in [0.5, 0.6) is 5.75 Å². The van der Waals surface area contributed by atoms with Gasteiger partial charge in [0.25, 0.3) is 0 Å². The number of nitrogens with one attached hydrogen (secondary N) is 1. The lowest BCUT2D eigenvalue weighted by Crippen LogP contribution is -2.39. The first kappa shape index (κ1) is 19.7. The minimum atomic E-state index is -0.313. The zero-order chi connectivity index (χ0) is 20.8. The Hall–Kier alpha value is -2.25. The number of aromatic amines is 1. The van der Waals surface area contributed by atoms with Crippen LogP contribution < -0.4 is 10.4 Å². The Kier molecular flexibility index (Phi) is 5.11. The molecule has 3 atom stereocenters. The maximum absolute atomic E-state index is 11.8. The number of hydrogen-bond acceptors (Lipinski definition) is 4. The lowest BCUT2D eigenvalue weighted by molar-refractivity contribution is 0.0818. The van der Waals surface area contributed by atoms with E-state index in [0.717, 1.165) is 36.2 Å². The van der Waals surface area contributed by atoms with Gasteiger partial charge >= 0.3 is 5.69 Å². The number of benzene rings is 2. The maximum atomic E-state index is 11.8. The number of aliphatic hydroxyl groups excluding tert-OH is 1. The molecule has 2 heterocycles. The molecular weight excluding hydrogens is 425 g/mol. The molecule has 2 aromatic carbocycles. The van der Waals surface area contributed by atoms with Crippen molar-refractivity contribution < 1.29 is 9.84 Å². The molecule has 0 amide bonds. The number of likely N-dealkylation sites (tertiary alicyclic amines) is 1. The Morgan fingerprint density at radius 3 is 2.63 bits per heavy atom. The van der Waals surface area contributed by atoms with Gasteiger partial charge in [-0.05, 0) is 54.8 Å². The predicted molar refractivity (Wildman–Crippen MR) is 116 cm³/mol. The summed E-state index contributed by atoms with van der Waals surface area (Å²) < 4.78 is 7.97. The molecule has 0 saturated carbocycles. The second kappa shape index (κ2) is 7.78. The summed E-state index contributed by atoms with van der Waals surface area (Å²) in [6.45, 7) is 1.44. The van der Waals surface area contributed by atoms with E-state index in [4.69, 9.17) is 27.9 Å². The minimum Gasteiger partial charge on any atom is -0.484 e. The van der Waals surface area contributed by atoms with Gasteiger partial charge in [-0.2, -0.15) is 0 Å². The van der Waals surface area contributed by atoms with Gasteiger partial charge in [0.05, 0.1) is 17.8 Å². The van der Waals surface area contributed by atoms with Crippen LogP contribution in [0, 0.1) is 0 Å². The first-order chi connectivity index (χ1) is 14.5. The third-order valence-electron chi connectivity index (χ3n) is 5.95. The van der Waals surface area contributed by atoms with Crippen LogP contribution in [0.2, 0.25) is 10.0 Å². The van der Waals surface area contributed by atoms with E-state index in [-0.39, 0.29) is 23.9 Å². The van der Waals surface area contributed by atoms with Crippen molar-refractivity contribution in [3.63, 3.8) is 0 Å². The molecule has 3 aromatic rings. The van der Waals surface area contributed by atoms with Gasteiger partial charge in [-0.1, -0.05) is 23.2 Å². The molecule has 6 nitrogen and oxygen atoms in total. The van der Waals surface area contributed by atoms with E-state index in [1.54, 1.807) is 18.5 Å². The zero-order valence-electron chi connectivity index (χ0n) is 16.1. The fraction of sp³-hybridized carbons (Fsp3) is 0.318. The monoisotopic (exact) mass is 445 g/mol. The number of halogens is 2. The van der Waals surface area contributed by atoms with E-state index in [9.17, 15) is 9.90 Å². The quantitative estimate of drug-likeness (QED) is 0.643. The highest BCUT2D eigenvalue weighted by atomic mass is 35.5. The van der Waals surface area contributed by atoms with E-state index in [2.05, 4.69) is 9.88 Å². The van der Waals surface area contributed by atoms with Crippen molar-refractivity contribution in [2.24, 2.45) is 0 Å². The SMILES string of the molecule is O=c1[nH]ccn1-c1ccc(O[C@H]2c3cc(Cl)cc(Cl)c3C[C@H]2N2CC[C@@H](O)C2)cc1. The zero-order valence-corrected chi connectivity index (χ0v) is 17.6. The van der Waals surface area contributed by atoms with Gasteiger partial charge in [0.2, 0.25) is 0 Å². The molecule has 8 heteroatoms. The van der Waals surface area contributed by atoms with Crippen molar-refractivity contribution in [2.45, 2.75) is 31.1 Å². The number of hydrogen-bond donors (Lipinski definition) is 2. The fourth-order valence-corrected chi connectivity index (χ4v) is 5.09. The third-order valence-corrected chi connectivity index (χ3v) is 6.51. The van der Waals surface area contributed by atoms with Gasteiger partial charge < -0.3 is 14.8 Å². The highest BCUT2D eigenvalue weighted by Crippen LogP contribution is 2.43. The molecule has 156 valence electrons. The van der Waals surface area contributed by atoms with Crippen LogP contribution in [0.15, 0.2) is 53.6 Å². The number of aromatic nitrogens is 2. The van der Waals surface area contributed by atoms with Crippen LogP contribution >= 0.6 is 23.2 Å². The molecule has 0 unspecified atom stereocenters. The van der Waals surface area contributed by atoms with Crippen molar-refractivity contribution in [1.29, 1.82) is 0 Å². The Balaban J connectivity index is 1.46. The van der Waals surface area contributed by atoms with Gasteiger partial charge in [-0.3, -0.25) is 9.47 Å². The molecule has 1 fully saturated rings. The average molecular weight is 446 g/mol. The summed E-state index contributed by atoms with van der Waals surface area (Å²) in [5.41, 5.74) is 2.61. The number of fused-ring (bicyclic) bond motifs is 1. The van der Waals surface area contributed by atoms with Crippen LogP contribution in [-0.2, 0) is 6.42 Å². The average Bonchev–Trinajstić information content (AvgIpc) is 3.42. The Labute approximate surface area is 183 Å². The van der Waals surface area contributed by atoms with Crippen LogP contribution in [-0.4, -0.2) is 44.8 Å². The van der Waals surface area contributed by atoms with E-state index in [1.807, 2.05) is 30.3 Å². The van der Waals surface area contributed by atoms with Gasteiger partial charge in [0.1, 0.15) is 11.9 Å². The van der Waals surface area contributed by atoms with E-state index in [1.165, 1.54) is 4.57 Å². The summed E-state index contributed by atoms with van der Waals surface area (Å²) in [7, 11) is 0. The largest absolute Gasteiger partial charge is 0.484 e. The first-order valence-electron chi connectivity index (χ1n) is 9.92. The van der Waals surface area contributed by atoms with Crippen LogP contribution in [0.25, 0.3) is 5.69 Å². The number of ether oxygens (including phenoxy) is 1. The summed E-state index contributed by atoms with van der Waals surface area (Å²) in [6.07, 6.45) is 4.23. The fourth-order valence-electron chi connectivity index (χ4n) is 4.50. The minimum absolute atomic E-state index is 0.0695. The van der Waals surface area contributed by atoms with Crippen molar-refractivity contribution in [2.75, 3.05) is 13.1 Å². The first-order valence-corrected chi connectivity index (χ1v) is 10.7. The van der Waals surface area contributed by atoms with Gasteiger partial charge in [0, 0.05) is 41.1 Å². The summed E-state index contributed by atoms with van der Waals surface area (Å²) in [5.74, 6) is 0.695. The smallest absolute Gasteiger partial charge is 0.330 e. The van der Waals surface area contributed by atoms with E-state index in [0.29, 0.717) is 22.3 Å². The molecule has 2 N–H and O–H groups in total. The topological polar surface area (TPSA) is 70.5 Å². The van der Waals surface area contributed by atoms with Gasteiger partial charge in [0.15, 0.2) is 0 Å². The third kappa shape index (κ3) is 3.54. The molecule has 1 saturated heterocycles. The summed E-state index contributed by atoms with van der Waals surface area (Å²) in [4.78, 5) is 16.7. The van der Waals surface area contributed by atoms with Crippen molar-refractivity contribution in [3.05, 3.63) is 80.4 Å². The van der Waals surface area contributed by atoms with Crippen LogP contribution in [0.1, 0.15) is 23.7 Å². The molecule has 1 aromatic heterocycles. The highest BCUT2D eigenvalue weighted by molar-refractivity contribution is 6.35. The molecule has 0 bridgehead atoms. The molecular formula is C22H21Cl2N3O3. The van der Waals surface area contributed by atoms with Crippen molar-refractivity contribution in [1.82, 2.24) is 14.5 Å². The second-order valence-corrected chi connectivity index (χ2v) is 8.68. The number of β-amino-alcohol motifs (C(OH)–C–C–N with tert-alkyl or cyclic N) is 1. The number of H-pyrrole nitrogens is 1. The Bertz CT molecular complexity index is 1130. The number of aliphatic hydroxyl groups is 1. The van der Waals surface area contributed by atoms with Gasteiger partial charge in [-0.15, -0.1) is 0 Å². The van der Waals surface area contributed by atoms with Crippen LogP contribution in [0.3, 0.4) is 0 Å². The normalized spacial score (nSPS) is 23.6. The molecule has 2 aliphatic rings. The molecule has 1 aliphatic carbocycles. The van der Waals surface area contributed by atoms with Crippen molar-refractivity contribution in [3.8, 4) is 11.4 Å². The second-order valence-electron chi connectivity index (χ2n) is 7.83. The standard InChI is InChI=1S/C22H21Cl2N3O3/c23-13-9-18-17(19(24)10-13)11-20(26-7-5-15(28)12-26)21(18)30-16-3-1-14(2-4-16)27-8-6-25-22(27)29/h1-4,6,8-10,15,20-21,28H,5,7,11-12H2,(H,25,29)/t15-,20-,21+/m1/s1. The lowest BCUT2D eigenvalue weighted by atomic mass is 10.1.